The van der Waals surface area contributed by atoms with Crippen molar-refractivity contribution >= 4 is 29.5 Å². The molecule has 0 radical (unpaired) electrons. The molecule has 34 heavy (non-hydrogen) atoms. The van der Waals surface area contributed by atoms with E-state index < -0.39 is 6.04 Å². The number of anilines is 1. The first-order valence-electron chi connectivity index (χ1n) is 12.0. The van der Waals surface area contributed by atoms with Crippen molar-refractivity contribution in [2.75, 3.05) is 18.4 Å². The van der Waals surface area contributed by atoms with Crippen LogP contribution >= 0.6 is 0 Å². The van der Waals surface area contributed by atoms with Gasteiger partial charge < -0.3 is 15.5 Å². The van der Waals surface area contributed by atoms with Crippen LogP contribution in [-0.4, -0.2) is 46.7 Å². The summed E-state index contributed by atoms with van der Waals surface area (Å²) >= 11 is 0. The smallest absolute Gasteiger partial charge is 0.251 e. The zero-order chi connectivity index (χ0) is 24.5. The van der Waals surface area contributed by atoms with Crippen LogP contribution in [0.1, 0.15) is 56.0 Å². The summed E-state index contributed by atoms with van der Waals surface area (Å²) in [5.74, 6) is 0.0683. The topological polar surface area (TPSA) is 91.4 Å². The van der Waals surface area contributed by atoms with E-state index in [9.17, 15) is 14.4 Å². The average Bonchev–Trinajstić information content (AvgIpc) is 2.86. The molecule has 0 bridgehead atoms. The number of likely N-dealkylation sites (tertiary alicyclic amines) is 1. The largest absolute Gasteiger partial charge is 0.340 e. The summed E-state index contributed by atoms with van der Waals surface area (Å²) in [5, 5.41) is 5.72. The third-order valence-electron chi connectivity index (χ3n) is 6.42. The van der Waals surface area contributed by atoms with Crippen LogP contribution in [0.5, 0.6) is 0 Å². The first kappa shape index (κ1) is 25.1. The standard InChI is InChI=1S/C27H34N4O3/c1-4-20(3)25(27(34)29-23-11-15-28-16-12-23)30-26(33)22-8-5-21(6-9-22)7-10-24(32)31-17-13-19(2)14-18-31/h5-12,15-16,19-20,25H,4,13-14,17-18H2,1-3H3,(H,30,33)(H,28,29,34)/b10-7+. The summed E-state index contributed by atoms with van der Waals surface area (Å²) in [5.41, 5.74) is 1.93. The Morgan fingerprint density at radius 1 is 1.09 bits per heavy atom. The molecule has 3 rings (SSSR count). The Labute approximate surface area is 201 Å². The number of piperidine rings is 1. The van der Waals surface area contributed by atoms with E-state index in [0.29, 0.717) is 17.2 Å². The lowest BCUT2D eigenvalue weighted by Gasteiger charge is -2.29. The maximum absolute atomic E-state index is 12.9. The van der Waals surface area contributed by atoms with Crippen LogP contribution in [0.2, 0.25) is 0 Å². The molecule has 2 atom stereocenters. The van der Waals surface area contributed by atoms with Crippen molar-refractivity contribution in [3.05, 3.63) is 66.0 Å². The molecule has 3 amide bonds. The van der Waals surface area contributed by atoms with Crippen molar-refractivity contribution in [3.8, 4) is 0 Å². The summed E-state index contributed by atoms with van der Waals surface area (Å²) in [6.07, 6.45) is 9.39. The van der Waals surface area contributed by atoms with Gasteiger partial charge in [0, 0.05) is 42.8 Å². The lowest BCUT2D eigenvalue weighted by Crippen LogP contribution is -2.47. The van der Waals surface area contributed by atoms with Crippen molar-refractivity contribution in [2.24, 2.45) is 11.8 Å². The summed E-state index contributed by atoms with van der Waals surface area (Å²) in [6, 6.07) is 9.74. The van der Waals surface area contributed by atoms with Gasteiger partial charge in [-0.2, -0.15) is 0 Å². The first-order chi connectivity index (χ1) is 16.4. The number of amides is 3. The van der Waals surface area contributed by atoms with Crippen LogP contribution in [-0.2, 0) is 9.59 Å². The average molecular weight is 463 g/mol. The molecule has 0 saturated carbocycles. The van der Waals surface area contributed by atoms with Crippen LogP contribution in [0.15, 0.2) is 54.9 Å². The van der Waals surface area contributed by atoms with Crippen LogP contribution in [0, 0.1) is 11.8 Å². The maximum atomic E-state index is 12.9. The molecule has 1 aromatic heterocycles. The van der Waals surface area contributed by atoms with E-state index in [0.717, 1.165) is 37.9 Å². The zero-order valence-corrected chi connectivity index (χ0v) is 20.2. The maximum Gasteiger partial charge on any atom is 0.251 e. The molecule has 2 aromatic rings. The summed E-state index contributed by atoms with van der Waals surface area (Å²) in [6.45, 7) is 7.74. The van der Waals surface area contributed by atoms with Gasteiger partial charge >= 0.3 is 0 Å². The molecule has 1 aliphatic heterocycles. The Hall–Kier alpha value is -3.48. The molecule has 1 aromatic carbocycles. The number of hydrogen-bond acceptors (Lipinski definition) is 4. The number of nitrogens with zero attached hydrogens (tertiary/aromatic N) is 2. The first-order valence-corrected chi connectivity index (χ1v) is 12.0. The monoisotopic (exact) mass is 462 g/mol. The summed E-state index contributed by atoms with van der Waals surface area (Å²) in [7, 11) is 0. The van der Waals surface area contributed by atoms with Gasteiger partial charge in [0.2, 0.25) is 11.8 Å². The van der Waals surface area contributed by atoms with Gasteiger partial charge in [-0.15, -0.1) is 0 Å². The lowest BCUT2D eigenvalue weighted by atomic mass is 9.97. The molecule has 0 aliphatic carbocycles. The molecule has 1 aliphatic rings. The number of carbonyl (C=O) groups is 3. The molecule has 7 heteroatoms. The van der Waals surface area contributed by atoms with Crippen molar-refractivity contribution < 1.29 is 14.4 Å². The highest BCUT2D eigenvalue weighted by molar-refractivity contribution is 6.01. The number of benzene rings is 1. The third-order valence-corrected chi connectivity index (χ3v) is 6.42. The fourth-order valence-electron chi connectivity index (χ4n) is 3.83. The Balaban J connectivity index is 1.60. The Morgan fingerprint density at radius 2 is 1.74 bits per heavy atom. The number of rotatable bonds is 8. The highest BCUT2D eigenvalue weighted by atomic mass is 16.2. The normalized spacial score (nSPS) is 16.1. The molecule has 1 saturated heterocycles. The van der Waals surface area contributed by atoms with Crippen LogP contribution in [0.4, 0.5) is 5.69 Å². The molecule has 2 N–H and O–H groups in total. The van der Waals surface area contributed by atoms with E-state index in [-0.39, 0.29) is 23.6 Å². The van der Waals surface area contributed by atoms with Crippen LogP contribution in [0.25, 0.3) is 6.08 Å². The lowest BCUT2D eigenvalue weighted by molar-refractivity contribution is -0.127. The van der Waals surface area contributed by atoms with Crippen molar-refractivity contribution in [2.45, 2.75) is 46.1 Å². The van der Waals surface area contributed by atoms with Gasteiger partial charge in [-0.05, 0) is 60.6 Å². The van der Waals surface area contributed by atoms with Gasteiger partial charge in [0.15, 0.2) is 0 Å². The van der Waals surface area contributed by atoms with Crippen LogP contribution in [0.3, 0.4) is 0 Å². The number of pyridine rings is 1. The number of hydrogen-bond donors (Lipinski definition) is 2. The van der Waals surface area contributed by atoms with Gasteiger partial charge in [-0.3, -0.25) is 19.4 Å². The Bertz CT molecular complexity index is 996. The van der Waals surface area contributed by atoms with Gasteiger partial charge in [0.1, 0.15) is 6.04 Å². The predicted molar refractivity (Wildman–Crippen MR) is 134 cm³/mol. The van der Waals surface area contributed by atoms with Gasteiger partial charge in [0.05, 0.1) is 0 Å². The molecule has 7 nitrogen and oxygen atoms in total. The van der Waals surface area contributed by atoms with E-state index in [1.807, 2.05) is 18.7 Å². The second-order valence-corrected chi connectivity index (χ2v) is 9.02. The fourth-order valence-corrected chi connectivity index (χ4v) is 3.83. The SMILES string of the molecule is CCC(C)C(NC(=O)c1ccc(/C=C/C(=O)N2CCC(C)CC2)cc1)C(=O)Nc1ccncc1. The molecule has 180 valence electrons. The van der Waals surface area contributed by atoms with Gasteiger partial charge in [-0.25, -0.2) is 0 Å². The second-order valence-electron chi connectivity index (χ2n) is 9.02. The van der Waals surface area contributed by atoms with Crippen molar-refractivity contribution in [1.82, 2.24) is 15.2 Å². The molecule has 0 spiro atoms. The van der Waals surface area contributed by atoms with Crippen molar-refractivity contribution in [1.29, 1.82) is 0 Å². The molecule has 1 fully saturated rings. The fraction of sp³-hybridized carbons (Fsp3) is 0.407. The van der Waals surface area contributed by atoms with E-state index in [1.54, 1.807) is 60.9 Å². The number of carbonyl (C=O) groups excluding carboxylic acids is 3. The predicted octanol–water partition coefficient (Wildman–Crippen LogP) is 4.14. The number of aromatic nitrogens is 1. The van der Waals surface area contributed by atoms with E-state index in [1.165, 1.54) is 0 Å². The molecular weight excluding hydrogens is 428 g/mol. The molecular formula is C27H34N4O3. The minimum atomic E-state index is -0.671. The highest BCUT2D eigenvalue weighted by Crippen LogP contribution is 2.17. The van der Waals surface area contributed by atoms with Gasteiger partial charge in [0.25, 0.3) is 5.91 Å². The van der Waals surface area contributed by atoms with Crippen molar-refractivity contribution in [3.63, 3.8) is 0 Å². The zero-order valence-electron chi connectivity index (χ0n) is 20.2. The summed E-state index contributed by atoms with van der Waals surface area (Å²) < 4.78 is 0. The number of nitrogens with one attached hydrogen (secondary N) is 2. The minimum Gasteiger partial charge on any atom is -0.340 e. The van der Waals surface area contributed by atoms with Gasteiger partial charge in [-0.1, -0.05) is 39.3 Å². The minimum absolute atomic E-state index is 0.0188. The second kappa shape index (κ2) is 12.1. The summed E-state index contributed by atoms with van der Waals surface area (Å²) in [4.78, 5) is 43.9. The van der Waals surface area contributed by atoms with E-state index >= 15 is 0 Å². The molecule has 2 heterocycles. The van der Waals surface area contributed by atoms with E-state index in [2.05, 4.69) is 22.5 Å². The third kappa shape index (κ3) is 7.01. The van der Waals surface area contributed by atoms with E-state index in [4.69, 9.17) is 0 Å². The highest BCUT2D eigenvalue weighted by Gasteiger charge is 2.26. The van der Waals surface area contributed by atoms with Crippen LogP contribution < -0.4 is 10.6 Å². The Kier molecular flexibility index (Phi) is 8.96. The quantitative estimate of drug-likeness (QED) is 0.577. The Morgan fingerprint density at radius 3 is 2.35 bits per heavy atom. The molecule has 2 unspecified atom stereocenters.